The number of aromatic nitrogens is 2. The summed E-state index contributed by atoms with van der Waals surface area (Å²) in [5, 5.41) is 4.39. The molecular weight excluding hydrogens is 374 g/mol. The van der Waals surface area contributed by atoms with Gasteiger partial charge in [0.15, 0.2) is 0 Å². The molecule has 2 fully saturated rings. The Labute approximate surface area is 177 Å². The van der Waals surface area contributed by atoms with Crippen LogP contribution in [0.1, 0.15) is 31.2 Å². The molecule has 0 atom stereocenters. The maximum atomic E-state index is 12.9. The molecule has 0 radical (unpaired) electrons. The third-order valence-electron chi connectivity index (χ3n) is 7.28. The van der Waals surface area contributed by atoms with Gasteiger partial charge in [-0.1, -0.05) is 30.3 Å². The van der Waals surface area contributed by atoms with Gasteiger partial charge in [0.1, 0.15) is 5.65 Å². The van der Waals surface area contributed by atoms with E-state index in [0.29, 0.717) is 6.54 Å². The number of nitrogens with zero attached hydrogens (tertiary/aromatic N) is 4. The zero-order valence-electron chi connectivity index (χ0n) is 17.9. The maximum absolute atomic E-state index is 12.9. The van der Waals surface area contributed by atoms with Crippen LogP contribution in [0.25, 0.3) is 11.0 Å². The predicted octanol–water partition coefficient (Wildman–Crippen LogP) is 3.87. The number of rotatable bonds is 3. The van der Waals surface area contributed by atoms with Crippen molar-refractivity contribution in [2.75, 3.05) is 25.5 Å². The molecule has 30 heavy (non-hydrogen) atoms. The van der Waals surface area contributed by atoms with E-state index in [-0.39, 0.29) is 17.1 Å². The molecular formula is C24H29N5O. The molecule has 6 heteroatoms. The van der Waals surface area contributed by atoms with E-state index in [4.69, 9.17) is 0 Å². The van der Waals surface area contributed by atoms with Gasteiger partial charge in [-0.05, 0) is 57.5 Å². The van der Waals surface area contributed by atoms with E-state index >= 15 is 0 Å². The molecule has 2 aliphatic rings. The number of pyridine rings is 1. The Balaban J connectivity index is 1.39. The molecule has 1 spiro atoms. The van der Waals surface area contributed by atoms with Crippen molar-refractivity contribution in [2.45, 2.75) is 36.8 Å². The minimum absolute atomic E-state index is 0.0101. The summed E-state index contributed by atoms with van der Waals surface area (Å²) in [5.41, 5.74) is 3.02. The fraction of sp³-hybridized carbons (Fsp3) is 0.417. The van der Waals surface area contributed by atoms with E-state index < -0.39 is 0 Å². The van der Waals surface area contributed by atoms with Crippen LogP contribution < -0.4 is 10.2 Å². The van der Waals surface area contributed by atoms with Crippen LogP contribution in [0.3, 0.4) is 0 Å². The van der Waals surface area contributed by atoms with Crippen molar-refractivity contribution in [1.29, 1.82) is 0 Å². The lowest BCUT2D eigenvalue weighted by atomic mass is 9.69. The Bertz CT molecular complexity index is 1080. The molecule has 2 aromatic heterocycles. The van der Waals surface area contributed by atoms with Crippen LogP contribution >= 0.6 is 0 Å². The molecule has 1 saturated carbocycles. The number of carbonyl (C=O) groups is 1. The lowest BCUT2D eigenvalue weighted by Crippen LogP contribution is -2.54. The van der Waals surface area contributed by atoms with Crippen molar-refractivity contribution < 1.29 is 4.79 Å². The van der Waals surface area contributed by atoms with Gasteiger partial charge in [-0.2, -0.15) is 0 Å². The number of hydrogen-bond donors (Lipinski definition) is 1. The van der Waals surface area contributed by atoms with Crippen LogP contribution in [0.15, 0.2) is 54.9 Å². The molecule has 1 aromatic carbocycles. The quantitative estimate of drug-likeness (QED) is 0.722. The van der Waals surface area contributed by atoms with Crippen LogP contribution in [0.5, 0.6) is 0 Å². The number of fused-ring (bicyclic) bond motifs is 1. The molecule has 1 N–H and O–H groups in total. The molecule has 156 valence electrons. The first-order chi connectivity index (χ1) is 14.4. The molecule has 5 rings (SSSR count). The summed E-state index contributed by atoms with van der Waals surface area (Å²) in [7, 11) is 6.33. The third kappa shape index (κ3) is 2.89. The lowest BCUT2D eigenvalue weighted by Gasteiger charge is -2.48. The van der Waals surface area contributed by atoms with Crippen LogP contribution in [0.2, 0.25) is 0 Å². The van der Waals surface area contributed by atoms with Crippen LogP contribution in [-0.2, 0) is 12.6 Å². The lowest BCUT2D eigenvalue weighted by molar-refractivity contribution is 0.0658. The first kappa shape index (κ1) is 19.1. The monoisotopic (exact) mass is 403 g/mol. The van der Waals surface area contributed by atoms with Crippen LogP contribution in [0, 0.1) is 0 Å². The van der Waals surface area contributed by atoms with Gasteiger partial charge in [0, 0.05) is 24.2 Å². The summed E-state index contributed by atoms with van der Waals surface area (Å²) in [6.07, 6.45) is 7.78. The smallest absolute Gasteiger partial charge is 0.322 e. The molecule has 2 amide bonds. The van der Waals surface area contributed by atoms with Crippen molar-refractivity contribution in [3.05, 3.63) is 60.4 Å². The Morgan fingerprint density at radius 3 is 2.50 bits per heavy atom. The first-order valence-corrected chi connectivity index (χ1v) is 10.7. The van der Waals surface area contributed by atoms with E-state index in [0.717, 1.165) is 42.4 Å². The Kier molecular flexibility index (Phi) is 4.36. The minimum Gasteiger partial charge on any atom is -0.336 e. The standard InChI is InChI=1S/C24H29N5O/c1-27(2)24(19-7-5-4-6-8-19)12-10-23(11-13-24)17-29(22(30)26-23)20-15-18-9-14-28(3)21(18)25-16-20/h4-9,14-16H,10-13,17H2,1-3H3,(H,26,30)/t23-,24+. The van der Waals surface area contributed by atoms with Gasteiger partial charge in [0.05, 0.1) is 24.0 Å². The van der Waals surface area contributed by atoms with Gasteiger partial charge < -0.3 is 9.88 Å². The fourth-order valence-electron chi connectivity index (χ4n) is 5.38. The highest BCUT2D eigenvalue weighted by atomic mass is 16.2. The number of hydrogen-bond acceptors (Lipinski definition) is 3. The molecule has 0 bridgehead atoms. The molecule has 0 unspecified atom stereocenters. The number of carbonyl (C=O) groups excluding carboxylic acids is 1. The number of aryl methyl sites for hydroxylation is 1. The van der Waals surface area contributed by atoms with Crippen molar-refractivity contribution in [3.8, 4) is 0 Å². The first-order valence-electron chi connectivity index (χ1n) is 10.7. The summed E-state index contributed by atoms with van der Waals surface area (Å²) < 4.78 is 2.00. The van der Waals surface area contributed by atoms with E-state index in [2.05, 4.69) is 65.7 Å². The topological polar surface area (TPSA) is 53.4 Å². The number of nitrogens with one attached hydrogen (secondary N) is 1. The Morgan fingerprint density at radius 2 is 1.80 bits per heavy atom. The zero-order valence-corrected chi connectivity index (χ0v) is 17.9. The summed E-state index contributed by atoms with van der Waals surface area (Å²) in [6, 6.07) is 14.9. The van der Waals surface area contributed by atoms with Crippen LogP contribution in [-0.4, -0.2) is 46.7 Å². The van der Waals surface area contributed by atoms with E-state index in [1.54, 1.807) is 0 Å². The largest absolute Gasteiger partial charge is 0.336 e. The Morgan fingerprint density at radius 1 is 1.07 bits per heavy atom. The highest BCUT2D eigenvalue weighted by Gasteiger charge is 2.50. The third-order valence-corrected chi connectivity index (χ3v) is 7.28. The van der Waals surface area contributed by atoms with Gasteiger partial charge >= 0.3 is 6.03 Å². The Hall–Kier alpha value is -2.86. The molecule has 3 aromatic rings. The van der Waals surface area contributed by atoms with E-state index in [1.807, 2.05) is 35.0 Å². The fourth-order valence-corrected chi connectivity index (χ4v) is 5.38. The highest BCUT2D eigenvalue weighted by Crippen LogP contribution is 2.46. The highest BCUT2D eigenvalue weighted by molar-refractivity contribution is 5.96. The van der Waals surface area contributed by atoms with Gasteiger partial charge in [-0.25, -0.2) is 9.78 Å². The number of anilines is 1. The molecule has 3 heterocycles. The van der Waals surface area contributed by atoms with Gasteiger partial charge in [0.2, 0.25) is 0 Å². The number of amides is 2. The summed E-state index contributed by atoms with van der Waals surface area (Å²) in [5.74, 6) is 0. The van der Waals surface area contributed by atoms with Crippen molar-refractivity contribution in [1.82, 2.24) is 19.8 Å². The predicted molar refractivity (Wildman–Crippen MR) is 120 cm³/mol. The second kappa shape index (κ2) is 6.84. The van der Waals surface area contributed by atoms with Crippen molar-refractivity contribution >= 4 is 22.8 Å². The molecule has 1 saturated heterocycles. The average Bonchev–Trinajstić information content (AvgIpc) is 3.29. The summed E-state index contributed by atoms with van der Waals surface area (Å²) in [6.45, 7) is 0.699. The van der Waals surface area contributed by atoms with Crippen LogP contribution in [0.4, 0.5) is 10.5 Å². The number of urea groups is 1. The van der Waals surface area contributed by atoms with E-state index in [1.165, 1.54) is 5.56 Å². The molecule has 1 aliphatic carbocycles. The maximum Gasteiger partial charge on any atom is 0.322 e. The number of benzene rings is 1. The molecule has 1 aliphatic heterocycles. The second-order valence-electron chi connectivity index (χ2n) is 9.12. The normalized spacial score (nSPS) is 26.7. The van der Waals surface area contributed by atoms with Crippen molar-refractivity contribution in [3.63, 3.8) is 0 Å². The summed E-state index contributed by atoms with van der Waals surface area (Å²) in [4.78, 5) is 21.7. The van der Waals surface area contributed by atoms with Crippen molar-refractivity contribution in [2.24, 2.45) is 7.05 Å². The average molecular weight is 404 g/mol. The zero-order chi connectivity index (χ0) is 20.9. The summed E-state index contributed by atoms with van der Waals surface area (Å²) >= 11 is 0. The van der Waals surface area contributed by atoms with Gasteiger partial charge in [-0.3, -0.25) is 9.80 Å². The van der Waals surface area contributed by atoms with Gasteiger partial charge in [0.25, 0.3) is 0 Å². The van der Waals surface area contributed by atoms with Gasteiger partial charge in [-0.15, -0.1) is 0 Å². The SMILES string of the molecule is Cn1ccc2cc(N3C[C@]4(CC[C@](c5ccccc5)(N(C)C)CC4)NC3=O)cnc21. The van der Waals surface area contributed by atoms with E-state index in [9.17, 15) is 4.79 Å². The minimum atomic E-state index is -0.170. The second-order valence-corrected chi connectivity index (χ2v) is 9.12. The molecule has 6 nitrogen and oxygen atoms in total.